The number of aliphatic hydroxyl groups excluding tert-OH is 1. The highest BCUT2D eigenvalue weighted by Crippen LogP contribution is 2.15. The molecule has 0 aromatic heterocycles. The van der Waals surface area contributed by atoms with Gasteiger partial charge in [0, 0.05) is 11.6 Å². The zero-order chi connectivity index (χ0) is 11.4. The van der Waals surface area contributed by atoms with Crippen LogP contribution in [0.15, 0.2) is 18.2 Å². The molecule has 0 aliphatic heterocycles. The molecule has 0 unspecified atom stereocenters. The van der Waals surface area contributed by atoms with Crippen LogP contribution >= 0.6 is 11.6 Å². The van der Waals surface area contributed by atoms with Crippen molar-refractivity contribution in [2.75, 3.05) is 6.61 Å². The summed E-state index contributed by atoms with van der Waals surface area (Å²) in [4.78, 5) is 11.5. The smallest absolute Gasteiger partial charge is 0.251 e. The van der Waals surface area contributed by atoms with E-state index in [4.69, 9.17) is 16.7 Å². The van der Waals surface area contributed by atoms with Crippen molar-refractivity contribution in [1.29, 1.82) is 0 Å². The summed E-state index contributed by atoms with van der Waals surface area (Å²) in [6, 6.07) is 3.36. The van der Waals surface area contributed by atoms with Crippen LogP contribution in [-0.4, -0.2) is 23.7 Å². The minimum absolute atomic E-state index is 0.0979. The third kappa shape index (κ3) is 3.18. The number of halogens is 2. The Morgan fingerprint density at radius 2 is 2.33 bits per heavy atom. The predicted octanol–water partition coefficient (Wildman–Crippen LogP) is 1.59. The second-order valence-corrected chi connectivity index (χ2v) is 3.59. The lowest BCUT2D eigenvalue weighted by molar-refractivity contribution is 0.0922. The summed E-state index contributed by atoms with van der Waals surface area (Å²) in [6.07, 6.45) is 0. The van der Waals surface area contributed by atoms with Gasteiger partial charge in [-0.25, -0.2) is 4.39 Å². The maximum atomic E-state index is 12.8. The number of amides is 1. The quantitative estimate of drug-likeness (QED) is 0.830. The molecule has 5 heteroatoms. The molecule has 1 amide bonds. The largest absolute Gasteiger partial charge is 0.394 e. The van der Waals surface area contributed by atoms with Gasteiger partial charge >= 0.3 is 0 Å². The maximum absolute atomic E-state index is 12.8. The molecule has 0 radical (unpaired) electrons. The highest BCUT2D eigenvalue weighted by Gasteiger charge is 2.10. The average molecular weight is 232 g/mol. The highest BCUT2D eigenvalue weighted by molar-refractivity contribution is 6.31. The number of carbonyl (C=O) groups is 1. The molecule has 0 saturated carbocycles. The number of carbonyl (C=O) groups excluding carboxylic acids is 1. The molecule has 1 rings (SSSR count). The molecule has 1 aromatic carbocycles. The van der Waals surface area contributed by atoms with Crippen LogP contribution in [0.3, 0.4) is 0 Å². The topological polar surface area (TPSA) is 49.3 Å². The van der Waals surface area contributed by atoms with Crippen molar-refractivity contribution in [3.63, 3.8) is 0 Å². The number of rotatable bonds is 3. The van der Waals surface area contributed by atoms with Gasteiger partial charge in [0.15, 0.2) is 0 Å². The lowest BCUT2D eigenvalue weighted by Gasteiger charge is -2.10. The van der Waals surface area contributed by atoms with Crippen molar-refractivity contribution in [1.82, 2.24) is 5.32 Å². The summed E-state index contributed by atoms with van der Waals surface area (Å²) < 4.78 is 12.8. The van der Waals surface area contributed by atoms with Gasteiger partial charge in [0.2, 0.25) is 0 Å². The van der Waals surface area contributed by atoms with E-state index in [0.717, 1.165) is 6.07 Å². The number of benzene rings is 1. The van der Waals surface area contributed by atoms with E-state index in [-0.39, 0.29) is 23.2 Å². The zero-order valence-electron chi connectivity index (χ0n) is 8.13. The fourth-order valence-electron chi connectivity index (χ4n) is 0.990. The number of aliphatic hydroxyl groups is 1. The van der Waals surface area contributed by atoms with Gasteiger partial charge in [-0.2, -0.15) is 0 Å². The van der Waals surface area contributed by atoms with Crippen molar-refractivity contribution < 1.29 is 14.3 Å². The molecule has 0 spiro atoms. The summed E-state index contributed by atoms with van der Waals surface area (Å²) in [5.74, 6) is -0.957. The molecular weight excluding hydrogens is 221 g/mol. The van der Waals surface area contributed by atoms with Gasteiger partial charge in [0.1, 0.15) is 5.82 Å². The van der Waals surface area contributed by atoms with Crippen LogP contribution in [0.2, 0.25) is 5.02 Å². The minimum atomic E-state index is -0.566. The molecule has 15 heavy (non-hydrogen) atoms. The Balaban J connectivity index is 2.78. The van der Waals surface area contributed by atoms with Gasteiger partial charge in [-0.3, -0.25) is 4.79 Å². The molecule has 82 valence electrons. The van der Waals surface area contributed by atoms with Crippen LogP contribution in [0.25, 0.3) is 0 Å². The first-order chi connectivity index (χ1) is 7.04. The first-order valence-electron chi connectivity index (χ1n) is 4.41. The Bertz CT molecular complexity index is 370. The number of nitrogens with one attached hydrogen (secondary N) is 1. The fraction of sp³-hybridized carbons (Fsp3) is 0.300. The second-order valence-electron chi connectivity index (χ2n) is 3.19. The zero-order valence-corrected chi connectivity index (χ0v) is 8.88. The first kappa shape index (κ1) is 11.9. The molecule has 0 saturated heterocycles. The third-order valence-corrected chi connectivity index (χ3v) is 2.12. The first-order valence-corrected chi connectivity index (χ1v) is 4.79. The Morgan fingerprint density at radius 3 is 2.87 bits per heavy atom. The summed E-state index contributed by atoms with van der Waals surface area (Å²) in [7, 11) is 0. The van der Waals surface area contributed by atoms with Gasteiger partial charge in [-0.05, 0) is 25.1 Å². The van der Waals surface area contributed by atoms with Gasteiger partial charge < -0.3 is 10.4 Å². The van der Waals surface area contributed by atoms with E-state index in [0.29, 0.717) is 0 Å². The molecule has 0 heterocycles. The van der Waals surface area contributed by atoms with E-state index >= 15 is 0 Å². The van der Waals surface area contributed by atoms with Crippen LogP contribution in [0.1, 0.15) is 17.3 Å². The van der Waals surface area contributed by atoms with Gasteiger partial charge in [0.05, 0.1) is 11.6 Å². The Kier molecular flexibility index (Phi) is 4.05. The van der Waals surface area contributed by atoms with E-state index in [1.807, 2.05) is 0 Å². The fourth-order valence-corrected chi connectivity index (χ4v) is 1.17. The standard InChI is InChI=1S/C10H11ClFNO2/c1-6(5-14)13-10(15)7-2-3-9(12)8(11)4-7/h2-4,6,14H,5H2,1H3,(H,13,15)/t6-/m1/s1. The third-order valence-electron chi connectivity index (χ3n) is 1.83. The van der Waals surface area contributed by atoms with Crippen LogP contribution in [0.5, 0.6) is 0 Å². The van der Waals surface area contributed by atoms with E-state index in [2.05, 4.69) is 5.32 Å². The second kappa shape index (κ2) is 5.09. The average Bonchev–Trinajstić information content (AvgIpc) is 2.21. The summed E-state index contributed by atoms with van der Waals surface area (Å²) in [5.41, 5.74) is 0.265. The molecule has 1 atom stereocenters. The Morgan fingerprint density at radius 1 is 1.67 bits per heavy atom. The predicted molar refractivity (Wildman–Crippen MR) is 55.4 cm³/mol. The lowest BCUT2D eigenvalue weighted by Crippen LogP contribution is -2.34. The van der Waals surface area contributed by atoms with Crippen molar-refractivity contribution >= 4 is 17.5 Å². The van der Waals surface area contributed by atoms with Crippen LogP contribution < -0.4 is 5.32 Å². The van der Waals surface area contributed by atoms with E-state index in [1.54, 1.807) is 6.92 Å². The van der Waals surface area contributed by atoms with E-state index < -0.39 is 11.7 Å². The number of hydrogen-bond donors (Lipinski definition) is 2. The van der Waals surface area contributed by atoms with Crippen molar-refractivity contribution in [2.45, 2.75) is 13.0 Å². The van der Waals surface area contributed by atoms with E-state index in [1.165, 1.54) is 12.1 Å². The molecular formula is C10H11ClFNO2. The molecule has 1 aromatic rings. The molecule has 0 aliphatic carbocycles. The maximum Gasteiger partial charge on any atom is 0.251 e. The highest BCUT2D eigenvalue weighted by atomic mass is 35.5. The molecule has 0 aliphatic rings. The van der Waals surface area contributed by atoms with Gasteiger partial charge in [-0.1, -0.05) is 11.6 Å². The molecule has 3 nitrogen and oxygen atoms in total. The lowest BCUT2D eigenvalue weighted by atomic mass is 10.2. The summed E-state index contributed by atoms with van der Waals surface area (Å²) in [6.45, 7) is 1.50. The van der Waals surface area contributed by atoms with Crippen molar-refractivity contribution in [2.24, 2.45) is 0 Å². The van der Waals surface area contributed by atoms with Crippen LogP contribution in [0, 0.1) is 5.82 Å². The molecule has 2 N–H and O–H groups in total. The van der Waals surface area contributed by atoms with Crippen molar-refractivity contribution in [3.05, 3.63) is 34.6 Å². The van der Waals surface area contributed by atoms with Crippen molar-refractivity contribution in [3.8, 4) is 0 Å². The molecule has 0 bridgehead atoms. The monoisotopic (exact) mass is 231 g/mol. The summed E-state index contributed by atoms with van der Waals surface area (Å²) in [5, 5.41) is 11.2. The van der Waals surface area contributed by atoms with Gasteiger partial charge in [-0.15, -0.1) is 0 Å². The van der Waals surface area contributed by atoms with Crippen LogP contribution in [-0.2, 0) is 0 Å². The SMILES string of the molecule is C[C@H](CO)NC(=O)c1ccc(F)c(Cl)c1. The Hall–Kier alpha value is -1.13. The van der Waals surface area contributed by atoms with Crippen LogP contribution in [0.4, 0.5) is 4.39 Å². The number of hydrogen-bond acceptors (Lipinski definition) is 2. The van der Waals surface area contributed by atoms with Gasteiger partial charge in [0.25, 0.3) is 5.91 Å². The summed E-state index contributed by atoms with van der Waals surface area (Å²) >= 11 is 5.52. The molecule has 0 fully saturated rings. The van der Waals surface area contributed by atoms with E-state index in [9.17, 15) is 9.18 Å². The normalized spacial score (nSPS) is 12.3. The minimum Gasteiger partial charge on any atom is -0.394 e. The Labute approximate surface area is 91.9 Å².